The quantitative estimate of drug-likeness (QED) is 0.747. The van der Waals surface area contributed by atoms with Crippen molar-refractivity contribution in [1.82, 2.24) is 5.32 Å². The average molecular weight is 261 g/mol. The highest BCUT2D eigenvalue weighted by Gasteiger charge is 2.55. The molecule has 1 saturated heterocycles. The summed E-state index contributed by atoms with van der Waals surface area (Å²) < 4.78 is 60.8. The van der Waals surface area contributed by atoms with Gasteiger partial charge in [-0.2, -0.15) is 8.78 Å². The Morgan fingerprint density at radius 3 is 2.62 bits per heavy atom. The lowest BCUT2D eigenvalue weighted by molar-refractivity contribution is -0.211. The van der Waals surface area contributed by atoms with E-state index in [9.17, 15) is 26.5 Å². The molecule has 16 heavy (non-hydrogen) atoms. The first-order valence-corrected chi connectivity index (χ1v) is 6.17. The van der Waals surface area contributed by atoms with Crippen molar-refractivity contribution < 1.29 is 31.5 Å². The number of carbonyl (C=O) groups excluding carboxylic acids is 1. The van der Waals surface area contributed by atoms with Crippen LogP contribution >= 0.6 is 0 Å². The van der Waals surface area contributed by atoms with E-state index < -0.39 is 39.3 Å². The fourth-order valence-electron chi connectivity index (χ4n) is 1.44. The molecule has 0 amide bonds. The Morgan fingerprint density at radius 2 is 2.06 bits per heavy atom. The molecule has 1 atom stereocenters. The van der Waals surface area contributed by atoms with Crippen molar-refractivity contribution in [3.8, 4) is 0 Å². The first kappa shape index (κ1) is 13.2. The molecule has 1 heterocycles. The van der Waals surface area contributed by atoms with Crippen molar-refractivity contribution in [3.63, 3.8) is 0 Å². The van der Waals surface area contributed by atoms with E-state index in [0.29, 0.717) is 0 Å². The van der Waals surface area contributed by atoms with E-state index in [1.54, 1.807) is 0 Å². The number of sulfone groups is 1. The summed E-state index contributed by atoms with van der Waals surface area (Å²) in [6.45, 7) is -0.360. The molecule has 94 valence electrons. The fraction of sp³-hybridized carbons (Fsp3) is 0.857. The van der Waals surface area contributed by atoms with Gasteiger partial charge in [0.1, 0.15) is 5.25 Å². The number of alkyl halides is 2. The number of rotatable bonds is 2. The Morgan fingerprint density at radius 1 is 1.44 bits per heavy atom. The summed E-state index contributed by atoms with van der Waals surface area (Å²) in [5, 5.41) is 0.162. The van der Waals surface area contributed by atoms with Crippen molar-refractivity contribution in [2.45, 2.75) is 17.6 Å². The molecule has 0 radical (unpaired) electrons. The Hall–Kier alpha value is -0.830. The van der Waals surface area contributed by atoms with Crippen LogP contribution < -0.4 is 5.32 Å². The van der Waals surface area contributed by atoms with Crippen molar-refractivity contribution in [1.29, 1.82) is 0 Å². The van der Waals surface area contributed by atoms with Crippen LogP contribution in [0.4, 0.5) is 13.3 Å². The first-order chi connectivity index (χ1) is 7.32. The van der Waals surface area contributed by atoms with E-state index in [1.807, 2.05) is 0 Å². The van der Waals surface area contributed by atoms with E-state index in [2.05, 4.69) is 10.3 Å². The van der Waals surface area contributed by atoms with E-state index in [-0.39, 0.29) is 13.0 Å². The van der Waals surface area contributed by atoms with Crippen LogP contribution in [-0.2, 0) is 19.6 Å². The summed E-state index contributed by atoms with van der Waals surface area (Å²) in [4.78, 5) is 12.9. The normalized spacial score (nSPS) is 25.8. The Bertz CT molecular complexity index is 370. The summed E-state index contributed by atoms with van der Waals surface area (Å²) in [6.07, 6.45) is 0.166. The third-order valence-corrected chi connectivity index (χ3v) is 4.48. The second-order valence-corrected chi connectivity index (χ2v) is 5.70. The van der Waals surface area contributed by atoms with Crippen LogP contribution in [0.2, 0.25) is 0 Å². The number of carbonyl (C=O) groups is 1. The molecule has 5 nitrogen and oxygen atoms in total. The number of nitrogens with one attached hydrogen (secondary N) is 1. The van der Waals surface area contributed by atoms with Gasteiger partial charge in [-0.1, -0.05) is 0 Å². The number of hydrogen-bond acceptors (Lipinski definition) is 5. The molecule has 0 aromatic rings. The van der Waals surface area contributed by atoms with Crippen molar-refractivity contribution in [2.24, 2.45) is 0 Å². The molecule has 0 aromatic heterocycles. The Balaban J connectivity index is 3.04. The molecule has 1 unspecified atom stereocenters. The van der Waals surface area contributed by atoms with Gasteiger partial charge in [0, 0.05) is 11.1 Å². The van der Waals surface area contributed by atoms with Gasteiger partial charge in [-0.25, -0.2) is 18.2 Å². The zero-order chi connectivity index (χ0) is 12.4. The molecule has 0 aromatic carbocycles. The summed E-state index contributed by atoms with van der Waals surface area (Å²) in [5.41, 5.74) is 0. The van der Waals surface area contributed by atoms with E-state index in [1.165, 1.54) is 0 Å². The molecule has 1 aliphatic heterocycles. The Kier molecular flexibility index (Phi) is 3.79. The zero-order valence-corrected chi connectivity index (χ0v) is 8.90. The SMILES string of the molecule is O=C(OF)C(F)(F)C1CNCCCS1(=O)=O. The van der Waals surface area contributed by atoms with Crippen LogP contribution in [0.1, 0.15) is 6.42 Å². The maximum atomic E-state index is 13.2. The van der Waals surface area contributed by atoms with Gasteiger partial charge in [0.05, 0.1) is 5.75 Å². The molecule has 0 aliphatic carbocycles. The zero-order valence-electron chi connectivity index (χ0n) is 8.08. The molecule has 0 bridgehead atoms. The lowest BCUT2D eigenvalue weighted by Gasteiger charge is -2.21. The lowest BCUT2D eigenvalue weighted by Crippen LogP contribution is -2.50. The van der Waals surface area contributed by atoms with Crippen LogP contribution in [0.5, 0.6) is 0 Å². The molecule has 1 fully saturated rings. The van der Waals surface area contributed by atoms with E-state index in [4.69, 9.17) is 0 Å². The largest absolute Gasteiger partial charge is 0.419 e. The van der Waals surface area contributed by atoms with Crippen LogP contribution in [0, 0.1) is 0 Å². The molecular formula is C7H10F3NO4S. The van der Waals surface area contributed by atoms with Crippen molar-refractivity contribution in [3.05, 3.63) is 0 Å². The summed E-state index contributed by atoms with van der Waals surface area (Å²) >= 11 is 0. The molecule has 1 N–H and O–H groups in total. The molecule has 1 rings (SSSR count). The van der Waals surface area contributed by atoms with Crippen LogP contribution in [0.3, 0.4) is 0 Å². The van der Waals surface area contributed by atoms with E-state index >= 15 is 0 Å². The maximum Gasteiger partial charge on any atom is 0.419 e. The molecular weight excluding hydrogens is 251 g/mol. The molecule has 0 saturated carbocycles. The predicted octanol–water partition coefficient (Wildman–Crippen LogP) is -0.174. The van der Waals surface area contributed by atoms with Gasteiger partial charge in [0.25, 0.3) is 0 Å². The highest BCUT2D eigenvalue weighted by molar-refractivity contribution is 7.92. The summed E-state index contributed by atoms with van der Waals surface area (Å²) in [7, 11) is -4.15. The fourth-order valence-corrected chi connectivity index (χ4v) is 3.19. The van der Waals surface area contributed by atoms with Gasteiger partial charge < -0.3 is 5.32 Å². The van der Waals surface area contributed by atoms with Gasteiger partial charge in [-0.05, 0) is 13.0 Å². The second kappa shape index (κ2) is 4.58. The topological polar surface area (TPSA) is 72.5 Å². The Labute approximate surface area is 89.8 Å². The highest BCUT2D eigenvalue weighted by atomic mass is 32.2. The molecule has 9 heteroatoms. The van der Waals surface area contributed by atoms with Gasteiger partial charge in [-0.15, -0.1) is 0 Å². The van der Waals surface area contributed by atoms with Crippen molar-refractivity contribution >= 4 is 15.8 Å². The lowest BCUT2D eigenvalue weighted by atomic mass is 10.2. The van der Waals surface area contributed by atoms with Crippen molar-refractivity contribution in [2.75, 3.05) is 18.8 Å². The smallest absolute Gasteiger partial charge is 0.315 e. The summed E-state index contributed by atoms with van der Waals surface area (Å²) in [5.74, 6) is -7.34. The highest BCUT2D eigenvalue weighted by Crippen LogP contribution is 2.28. The van der Waals surface area contributed by atoms with Crippen LogP contribution in [0.25, 0.3) is 0 Å². The second-order valence-electron chi connectivity index (χ2n) is 3.40. The van der Waals surface area contributed by atoms with Crippen LogP contribution in [0.15, 0.2) is 0 Å². The number of halogens is 3. The molecule has 0 spiro atoms. The minimum atomic E-state index is -4.38. The number of hydrogen-bond donors (Lipinski definition) is 1. The van der Waals surface area contributed by atoms with Gasteiger partial charge in [0.15, 0.2) is 9.84 Å². The van der Waals surface area contributed by atoms with Crippen LogP contribution in [-0.4, -0.2) is 44.4 Å². The first-order valence-electron chi connectivity index (χ1n) is 4.45. The standard InChI is InChI=1S/C7H10F3NO4S/c8-7(9,6(12)15-10)5-4-11-2-1-3-16(5,13)14/h5,11H,1-4H2. The van der Waals surface area contributed by atoms with E-state index in [0.717, 1.165) is 0 Å². The molecule has 1 aliphatic rings. The minimum absolute atomic E-state index is 0.166. The average Bonchev–Trinajstić information content (AvgIpc) is 2.37. The summed E-state index contributed by atoms with van der Waals surface area (Å²) in [6, 6.07) is 0. The third kappa shape index (κ3) is 2.46. The van der Waals surface area contributed by atoms with Gasteiger partial charge >= 0.3 is 11.9 Å². The van der Waals surface area contributed by atoms with Gasteiger partial charge in [-0.3, -0.25) is 0 Å². The predicted molar refractivity (Wildman–Crippen MR) is 47.2 cm³/mol. The maximum absolute atomic E-state index is 13.2. The van der Waals surface area contributed by atoms with Gasteiger partial charge in [0.2, 0.25) is 0 Å². The minimum Gasteiger partial charge on any atom is -0.315 e. The monoisotopic (exact) mass is 261 g/mol. The third-order valence-electron chi connectivity index (χ3n) is 2.29.